The van der Waals surface area contributed by atoms with E-state index in [1.165, 1.54) is 0 Å². The molecule has 0 spiro atoms. The van der Waals surface area contributed by atoms with E-state index in [0.717, 1.165) is 0 Å². The van der Waals surface area contributed by atoms with E-state index in [-0.39, 0.29) is 23.6 Å². The van der Waals surface area contributed by atoms with Crippen LogP contribution in [0.15, 0.2) is 0 Å². The van der Waals surface area contributed by atoms with Crippen LogP contribution in [0.25, 0.3) is 0 Å². The fourth-order valence-corrected chi connectivity index (χ4v) is 2.03. The Labute approximate surface area is 107 Å². The van der Waals surface area contributed by atoms with E-state index in [9.17, 15) is 4.79 Å². The Morgan fingerprint density at radius 1 is 1.71 bits per heavy atom. The van der Waals surface area contributed by atoms with Crippen molar-refractivity contribution in [3.8, 4) is 0 Å². The number of ether oxygens (including phenoxy) is 1. The molecule has 2 atom stereocenters. The van der Waals surface area contributed by atoms with Gasteiger partial charge in [0.15, 0.2) is 0 Å². The average molecular weight is 260 g/mol. The zero-order chi connectivity index (χ0) is 13.1. The summed E-state index contributed by atoms with van der Waals surface area (Å²) < 4.78 is 5.31. The van der Waals surface area contributed by atoms with E-state index in [4.69, 9.17) is 27.8 Å². The molecule has 0 radical (unpaired) electrons. The maximum absolute atomic E-state index is 12.4. The van der Waals surface area contributed by atoms with E-state index >= 15 is 0 Å². The highest BCUT2D eigenvalue weighted by Gasteiger charge is 2.39. The van der Waals surface area contributed by atoms with Gasteiger partial charge in [-0.2, -0.15) is 0 Å². The molecule has 0 aliphatic carbocycles. The summed E-state index contributed by atoms with van der Waals surface area (Å²) in [6, 6.07) is 0. The van der Waals surface area contributed by atoms with Gasteiger partial charge in [-0.1, -0.05) is 19.1 Å². The molecule has 1 saturated heterocycles. The van der Waals surface area contributed by atoms with Crippen LogP contribution in [0.4, 0.5) is 0 Å². The Bertz CT molecular complexity index is 311. The number of amides is 1. The van der Waals surface area contributed by atoms with Crippen LogP contribution in [-0.4, -0.2) is 53.3 Å². The van der Waals surface area contributed by atoms with Crippen LogP contribution in [-0.2, 0) is 9.53 Å². The topological polar surface area (TPSA) is 75.8 Å². The van der Waals surface area contributed by atoms with Crippen molar-refractivity contribution in [2.45, 2.75) is 26.4 Å². The fraction of sp³-hybridized carbons (Fsp3) is 0.818. The van der Waals surface area contributed by atoms with E-state index in [0.29, 0.717) is 26.1 Å². The molecule has 2 unspecified atom stereocenters. The average Bonchev–Trinajstić information content (AvgIpc) is 2.36. The number of aliphatic hydroxyl groups excluding tert-OH is 1. The molecule has 1 amide bonds. The first kappa shape index (κ1) is 14.3. The van der Waals surface area contributed by atoms with Gasteiger partial charge in [0.2, 0.25) is 5.91 Å². The number of hydrogen-bond donors (Lipinski definition) is 2. The number of carbonyl (C=O) groups excluding carboxylic acids is 1. The van der Waals surface area contributed by atoms with Gasteiger partial charge in [-0.15, -0.1) is 0 Å². The van der Waals surface area contributed by atoms with Crippen LogP contribution in [0.1, 0.15) is 20.3 Å². The van der Waals surface area contributed by atoms with Crippen LogP contribution in [0.3, 0.4) is 0 Å². The minimum absolute atomic E-state index is 0.0748. The molecule has 1 aliphatic heterocycles. The normalized spacial score (nSPS) is 24.2. The van der Waals surface area contributed by atoms with Crippen LogP contribution in [0.2, 0.25) is 0 Å². The Kier molecular flexibility index (Phi) is 4.85. The summed E-state index contributed by atoms with van der Waals surface area (Å²) in [4.78, 5) is 14.3. The third-order valence-electron chi connectivity index (χ3n) is 3.35. The summed E-state index contributed by atoms with van der Waals surface area (Å²) in [5.74, 6) is -0.0748. The SMILES string of the molecule is CCC(C)(C(=O)N1CCOC(CO)C1)C(N)=S. The number of rotatable bonds is 4. The second-order valence-electron chi connectivity index (χ2n) is 4.48. The number of nitrogens with zero attached hydrogens (tertiary/aromatic N) is 1. The Balaban J connectivity index is 2.78. The lowest BCUT2D eigenvalue weighted by Gasteiger charge is -2.37. The summed E-state index contributed by atoms with van der Waals surface area (Å²) in [6.07, 6.45) is 0.266. The van der Waals surface area contributed by atoms with Crippen molar-refractivity contribution in [3.05, 3.63) is 0 Å². The van der Waals surface area contributed by atoms with Crippen molar-refractivity contribution >= 4 is 23.1 Å². The summed E-state index contributed by atoms with van der Waals surface area (Å²) in [5.41, 5.74) is 4.86. The third-order valence-corrected chi connectivity index (χ3v) is 3.80. The maximum Gasteiger partial charge on any atom is 0.235 e. The Hall–Kier alpha value is -0.720. The number of carbonyl (C=O) groups is 1. The highest BCUT2D eigenvalue weighted by Crippen LogP contribution is 2.25. The van der Waals surface area contributed by atoms with Gasteiger partial charge in [0.25, 0.3) is 0 Å². The van der Waals surface area contributed by atoms with Crippen molar-refractivity contribution in [3.63, 3.8) is 0 Å². The highest BCUT2D eigenvalue weighted by atomic mass is 32.1. The van der Waals surface area contributed by atoms with Gasteiger partial charge >= 0.3 is 0 Å². The molecule has 1 heterocycles. The zero-order valence-electron chi connectivity index (χ0n) is 10.3. The van der Waals surface area contributed by atoms with Crippen molar-refractivity contribution < 1.29 is 14.6 Å². The molecule has 0 bridgehead atoms. The lowest BCUT2D eigenvalue weighted by molar-refractivity contribution is -0.146. The summed E-state index contributed by atoms with van der Waals surface area (Å²) in [5, 5.41) is 9.05. The molecule has 3 N–H and O–H groups in total. The quantitative estimate of drug-likeness (QED) is 0.691. The first-order chi connectivity index (χ1) is 7.95. The molecule has 0 saturated carbocycles. The first-order valence-corrected chi connectivity index (χ1v) is 6.18. The van der Waals surface area contributed by atoms with E-state index in [2.05, 4.69) is 0 Å². The van der Waals surface area contributed by atoms with Gasteiger partial charge in [0, 0.05) is 13.1 Å². The monoisotopic (exact) mass is 260 g/mol. The van der Waals surface area contributed by atoms with Gasteiger partial charge in [-0.3, -0.25) is 4.79 Å². The van der Waals surface area contributed by atoms with Gasteiger partial charge in [-0.05, 0) is 13.3 Å². The van der Waals surface area contributed by atoms with Gasteiger partial charge in [0.1, 0.15) is 0 Å². The maximum atomic E-state index is 12.4. The Morgan fingerprint density at radius 3 is 2.82 bits per heavy atom. The summed E-state index contributed by atoms with van der Waals surface area (Å²) in [6.45, 7) is 4.93. The van der Waals surface area contributed by atoms with Gasteiger partial charge in [-0.25, -0.2) is 0 Å². The predicted molar refractivity (Wildman–Crippen MR) is 68.6 cm³/mol. The number of hydrogen-bond acceptors (Lipinski definition) is 4. The third kappa shape index (κ3) is 2.94. The molecule has 0 aromatic carbocycles. The highest BCUT2D eigenvalue weighted by molar-refractivity contribution is 7.80. The lowest BCUT2D eigenvalue weighted by Crippen LogP contribution is -2.54. The largest absolute Gasteiger partial charge is 0.394 e. The van der Waals surface area contributed by atoms with Crippen LogP contribution >= 0.6 is 12.2 Å². The van der Waals surface area contributed by atoms with E-state index in [1.54, 1.807) is 11.8 Å². The van der Waals surface area contributed by atoms with Gasteiger partial charge in [0.05, 0.1) is 29.7 Å². The molecule has 0 aromatic rings. The van der Waals surface area contributed by atoms with Crippen molar-refractivity contribution in [2.24, 2.45) is 11.1 Å². The molecular formula is C11H20N2O3S. The van der Waals surface area contributed by atoms with E-state index in [1.807, 2.05) is 6.92 Å². The second-order valence-corrected chi connectivity index (χ2v) is 4.92. The minimum Gasteiger partial charge on any atom is -0.394 e. The molecular weight excluding hydrogens is 240 g/mol. The first-order valence-electron chi connectivity index (χ1n) is 5.77. The molecule has 0 aromatic heterocycles. The summed E-state index contributed by atoms with van der Waals surface area (Å²) >= 11 is 4.98. The molecule has 1 rings (SSSR count). The van der Waals surface area contributed by atoms with Crippen molar-refractivity contribution in [2.75, 3.05) is 26.3 Å². The number of nitrogens with two attached hydrogens (primary N) is 1. The molecule has 1 fully saturated rings. The van der Waals surface area contributed by atoms with Crippen molar-refractivity contribution in [1.29, 1.82) is 0 Å². The van der Waals surface area contributed by atoms with Gasteiger partial charge < -0.3 is 20.5 Å². The number of thiocarbonyl (C=S) groups is 1. The number of morpholine rings is 1. The molecule has 17 heavy (non-hydrogen) atoms. The minimum atomic E-state index is -0.799. The molecule has 6 heteroatoms. The van der Waals surface area contributed by atoms with E-state index < -0.39 is 5.41 Å². The van der Waals surface area contributed by atoms with Crippen LogP contribution in [0.5, 0.6) is 0 Å². The van der Waals surface area contributed by atoms with Crippen LogP contribution < -0.4 is 5.73 Å². The van der Waals surface area contributed by atoms with Crippen LogP contribution in [0, 0.1) is 5.41 Å². The standard InChI is InChI=1S/C11H20N2O3S/c1-3-11(2,9(12)17)10(15)13-4-5-16-8(6-13)7-14/h8,14H,3-7H2,1-2H3,(H2,12,17). The van der Waals surface area contributed by atoms with Crippen molar-refractivity contribution in [1.82, 2.24) is 4.90 Å². The number of aliphatic hydroxyl groups is 1. The predicted octanol–water partition coefficient (Wildman–Crippen LogP) is -0.0915. The fourth-order valence-electron chi connectivity index (χ4n) is 1.79. The molecule has 5 nitrogen and oxygen atoms in total. The Morgan fingerprint density at radius 2 is 2.35 bits per heavy atom. The zero-order valence-corrected chi connectivity index (χ0v) is 11.1. The second kappa shape index (κ2) is 5.75. The lowest BCUT2D eigenvalue weighted by atomic mass is 9.85. The summed E-state index contributed by atoms with van der Waals surface area (Å²) in [7, 11) is 0. The smallest absolute Gasteiger partial charge is 0.235 e. The molecule has 98 valence electrons. The molecule has 1 aliphatic rings.